The summed E-state index contributed by atoms with van der Waals surface area (Å²) in [6.07, 6.45) is 9.79. The van der Waals surface area contributed by atoms with Crippen molar-refractivity contribution in [2.24, 2.45) is 13.0 Å². The second-order valence-electron chi connectivity index (χ2n) is 8.27. The van der Waals surface area contributed by atoms with E-state index in [2.05, 4.69) is 25.4 Å². The summed E-state index contributed by atoms with van der Waals surface area (Å²) in [5.74, 6) is 1.90. The third-order valence-electron chi connectivity index (χ3n) is 5.93. The van der Waals surface area contributed by atoms with Gasteiger partial charge in [0.1, 0.15) is 18.0 Å². The summed E-state index contributed by atoms with van der Waals surface area (Å²) in [5, 5.41) is 7.62. The number of likely N-dealkylation sites (tertiary alicyclic amines) is 1. The molecular weight excluding hydrogens is 402 g/mol. The second kappa shape index (κ2) is 9.72. The number of carbonyl (C=O) groups excluding carboxylic acids is 1. The summed E-state index contributed by atoms with van der Waals surface area (Å²) in [6, 6.07) is 7.66. The number of hydrogen-bond donors (Lipinski definition) is 1. The van der Waals surface area contributed by atoms with Crippen LogP contribution in [0.5, 0.6) is 0 Å². The average molecular weight is 432 g/mol. The first-order chi connectivity index (χ1) is 15.5. The van der Waals surface area contributed by atoms with E-state index >= 15 is 0 Å². The molecule has 0 bridgehead atoms. The molecule has 1 atom stereocenters. The average Bonchev–Trinajstić information content (AvgIpc) is 3.04. The first kappa shape index (κ1) is 21.7. The molecule has 8 heteroatoms. The van der Waals surface area contributed by atoms with Crippen molar-refractivity contribution >= 4 is 23.6 Å². The van der Waals surface area contributed by atoms with Gasteiger partial charge in [-0.1, -0.05) is 6.07 Å². The molecule has 1 fully saturated rings. The Hall–Kier alpha value is -3.55. The molecule has 0 spiro atoms. The second-order valence-corrected chi connectivity index (χ2v) is 8.27. The topological polar surface area (TPSA) is 88.8 Å². The normalized spacial score (nSPS) is 16.5. The number of piperidine rings is 1. The van der Waals surface area contributed by atoms with Crippen LogP contribution in [-0.2, 0) is 18.3 Å². The Labute approximate surface area is 188 Å². The zero-order valence-corrected chi connectivity index (χ0v) is 18.8. The van der Waals surface area contributed by atoms with Crippen LogP contribution in [0.1, 0.15) is 35.5 Å². The summed E-state index contributed by atoms with van der Waals surface area (Å²) >= 11 is 0. The van der Waals surface area contributed by atoms with Crippen molar-refractivity contribution in [3.8, 4) is 0 Å². The van der Waals surface area contributed by atoms with Crippen LogP contribution in [0.15, 0.2) is 42.9 Å². The molecule has 1 aliphatic heterocycles. The van der Waals surface area contributed by atoms with E-state index in [4.69, 9.17) is 0 Å². The third kappa shape index (κ3) is 5.19. The lowest BCUT2D eigenvalue weighted by atomic mass is 9.93. The standard InChI is InChI=1S/C24H29N7O/c1-17-21(18(2)30(3)29-17)9-10-24(32)31-12-6-7-19(15-31)13-20-14-23(27-16-26-20)28-22-8-4-5-11-25-22/h4-5,8-11,14,16,19H,6-7,12-13,15H2,1-3H3,(H,25,26,27,28)/b10-9+/t19-/m0/s1. The largest absolute Gasteiger partial charge is 0.339 e. The number of rotatable bonds is 6. The lowest BCUT2D eigenvalue weighted by molar-refractivity contribution is -0.127. The molecule has 0 saturated carbocycles. The minimum atomic E-state index is 0.0533. The summed E-state index contributed by atoms with van der Waals surface area (Å²) in [4.78, 5) is 27.8. The van der Waals surface area contributed by atoms with Crippen molar-refractivity contribution in [3.63, 3.8) is 0 Å². The molecule has 32 heavy (non-hydrogen) atoms. The van der Waals surface area contributed by atoms with Gasteiger partial charge in [0.15, 0.2) is 0 Å². The van der Waals surface area contributed by atoms with Crippen LogP contribution in [0.25, 0.3) is 6.08 Å². The van der Waals surface area contributed by atoms with Gasteiger partial charge in [-0.25, -0.2) is 15.0 Å². The molecule has 1 amide bonds. The molecule has 166 valence electrons. The Morgan fingerprint density at radius 1 is 1.22 bits per heavy atom. The number of pyridine rings is 1. The zero-order chi connectivity index (χ0) is 22.5. The van der Waals surface area contributed by atoms with Crippen molar-refractivity contribution in [2.75, 3.05) is 18.4 Å². The minimum Gasteiger partial charge on any atom is -0.339 e. The Bertz CT molecular complexity index is 1110. The first-order valence-electron chi connectivity index (χ1n) is 11.0. The van der Waals surface area contributed by atoms with Gasteiger partial charge in [-0.15, -0.1) is 0 Å². The fraction of sp³-hybridized carbons (Fsp3) is 0.375. The fourth-order valence-electron chi connectivity index (χ4n) is 4.16. The molecule has 3 aromatic heterocycles. The number of nitrogens with one attached hydrogen (secondary N) is 1. The van der Waals surface area contributed by atoms with Crippen molar-refractivity contribution in [2.45, 2.75) is 33.1 Å². The van der Waals surface area contributed by atoms with Gasteiger partial charge in [-0.05, 0) is 57.2 Å². The fourth-order valence-corrected chi connectivity index (χ4v) is 4.16. The highest BCUT2D eigenvalue weighted by Crippen LogP contribution is 2.22. The van der Waals surface area contributed by atoms with Crippen molar-refractivity contribution < 1.29 is 4.79 Å². The maximum Gasteiger partial charge on any atom is 0.246 e. The highest BCUT2D eigenvalue weighted by molar-refractivity contribution is 5.92. The van der Waals surface area contributed by atoms with Crippen LogP contribution < -0.4 is 5.32 Å². The monoisotopic (exact) mass is 431 g/mol. The summed E-state index contributed by atoms with van der Waals surface area (Å²) in [5.41, 5.74) is 3.98. The van der Waals surface area contributed by atoms with Crippen molar-refractivity contribution in [1.29, 1.82) is 0 Å². The van der Waals surface area contributed by atoms with Crippen LogP contribution in [0.2, 0.25) is 0 Å². The van der Waals surface area contributed by atoms with Gasteiger partial charge in [0.25, 0.3) is 0 Å². The smallest absolute Gasteiger partial charge is 0.246 e. The van der Waals surface area contributed by atoms with Crippen LogP contribution in [0.3, 0.4) is 0 Å². The highest BCUT2D eigenvalue weighted by Gasteiger charge is 2.23. The van der Waals surface area contributed by atoms with Gasteiger partial charge in [0.2, 0.25) is 5.91 Å². The van der Waals surface area contributed by atoms with E-state index in [0.29, 0.717) is 5.92 Å². The van der Waals surface area contributed by atoms with E-state index in [1.165, 1.54) is 0 Å². The maximum absolute atomic E-state index is 12.8. The summed E-state index contributed by atoms with van der Waals surface area (Å²) < 4.78 is 1.84. The molecule has 8 nitrogen and oxygen atoms in total. The van der Waals surface area contributed by atoms with Crippen LogP contribution in [0, 0.1) is 19.8 Å². The number of aromatic nitrogens is 5. The Morgan fingerprint density at radius 3 is 2.84 bits per heavy atom. The number of hydrogen-bond acceptors (Lipinski definition) is 6. The number of carbonyl (C=O) groups is 1. The molecule has 4 rings (SSSR count). The molecular formula is C24H29N7O. The summed E-state index contributed by atoms with van der Waals surface area (Å²) in [6.45, 7) is 5.51. The van der Waals surface area contributed by atoms with Gasteiger partial charge in [0.05, 0.1) is 5.69 Å². The van der Waals surface area contributed by atoms with Gasteiger partial charge < -0.3 is 10.2 Å². The molecule has 4 heterocycles. The highest BCUT2D eigenvalue weighted by atomic mass is 16.2. The van der Waals surface area contributed by atoms with Gasteiger partial charge in [0, 0.05) is 55.4 Å². The molecule has 0 aromatic carbocycles. The van der Waals surface area contributed by atoms with E-state index in [1.54, 1.807) is 18.6 Å². The predicted octanol–water partition coefficient (Wildman–Crippen LogP) is 3.46. The van der Waals surface area contributed by atoms with Crippen LogP contribution >= 0.6 is 0 Å². The molecule has 0 unspecified atom stereocenters. The first-order valence-corrected chi connectivity index (χ1v) is 11.0. The molecule has 1 saturated heterocycles. The lowest BCUT2D eigenvalue weighted by Crippen LogP contribution is -2.39. The van der Waals surface area contributed by atoms with Gasteiger partial charge in [-0.3, -0.25) is 9.48 Å². The Balaban J connectivity index is 1.37. The SMILES string of the molecule is Cc1nn(C)c(C)c1/C=C/C(=O)N1CCC[C@@H](Cc2cc(Nc3ccccn3)ncn2)C1. The molecule has 0 radical (unpaired) electrons. The predicted molar refractivity (Wildman–Crippen MR) is 124 cm³/mol. The Morgan fingerprint density at radius 2 is 2.09 bits per heavy atom. The van der Waals surface area contributed by atoms with Crippen molar-refractivity contribution in [3.05, 3.63) is 65.5 Å². The minimum absolute atomic E-state index is 0.0533. The maximum atomic E-state index is 12.8. The number of aryl methyl sites for hydroxylation is 2. The zero-order valence-electron chi connectivity index (χ0n) is 18.8. The van der Waals surface area contributed by atoms with Gasteiger partial charge >= 0.3 is 0 Å². The lowest BCUT2D eigenvalue weighted by Gasteiger charge is -2.32. The van der Waals surface area contributed by atoms with Crippen LogP contribution in [-0.4, -0.2) is 48.6 Å². The summed E-state index contributed by atoms with van der Waals surface area (Å²) in [7, 11) is 1.92. The van der Waals surface area contributed by atoms with Crippen LogP contribution in [0.4, 0.5) is 11.6 Å². The molecule has 1 aliphatic rings. The number of anilines is 2. The van der Waals surface area contributed by atoms with E-state index in [-0.39, 0.29) is 5.91 Å². The number of amides is 1. The molecule has 3 aromatic rings. The van der Waals surface area contributed by atoms with E-state index < -0.39 is 0 Å². The number of nitrogens with zero attached hydrogens (tertiary/aromatic N) is 6. The Kier molecular flexibility index (Phi) is 6.58. The molecule has 1 N–H and O–H groups in total. The quantitative estimate of drug-likeness (QED) is 0.601. The molecule has 0 aliphatic carbocycles. The van der Waals surface area contributed by atoms with Crippen molar-refractivity contribution in [1.82, 2.24) is 29.6 Å². The van der Waals surface area contributed by atoms with E-state index in [0.717, 1.165) is 66.6 Å². The van der Waals surface area contributed by atoms with Gasteiger partial charge in [-0.2, -0.15) is 5.10 Å². The van der Waals surface area contributed by atoms with E-state index in [9.17, 15) is 4.79 Å². The third-order valence-corrected chi connectivity index (χ3v) is 5.93. The van der Waals surface area contributed by atoms with E-state index in [1.807, 2.05) is 60.8 Å².